The number of carbonyl (C=O) groups is 1. The van der Waals surface area contributed by atoms with E-state index < -0.39 is 44.2 Å². The third-order valence-electron chi connectivity index (χ3n) is 14.2. The summed E-state index contributed by atoms with van der Waals surface area (Å²) < 4.78 is 83.8. The van der Waals surface area contributed by atoms with Crippen molar-refractivity contribution < 1.29 is 35.3 Å². The number of aryl methyl sites for hydroxylation is 4. The Kier molecular flexibility index (Phi) is 13.4. The van der Waals surface area contributed by atoms with E-state index in [1.54, 1.807) is 61.7 Å². The number of hydrogen-bond donors (Lipinski definition) is 1. The summed E-state index contributed by atoms with van der Waals surface area (Å²) in [7, 11) is -8.56. The van der Waals surface area contributed by atoms with E-state index in [1.165, 1.54) is 22.8 Å². The number of nitrogens with one attached hydrogen (secondary N) is 1. The van der Waals surface area contributed by atoms with Crippen LogP contribution in [0.4, 0.5) is 9.18 Å². The van der Waals surface area contributed by atoms with E-state index in [9.17, 15) is 21.6 Å². The largest absolute Gasteiger partial charge is 0.497 e. The molecule has 3 aliphatic rings. The Morgan fingerprint density at radius 1 is 0.732 bits per heavy atom. The molecule has 71 heavy (non-hydrogen) atoms. The molecule has 1 saturated carbocycles. The molecular weight excluding hydrogens is 947 g/mol. The van der Waals surface area contributed by atoms with Crippen LogP contribution in [0.15, 0.2) is 89.6 Å². The number of carbonyl (C=O) groups excluding carboxylic acids is 1. The molecule has 2 amide bonds. The SMILES string of the molecule is Cc1ccc(S(=O)(=O)n2cc(-c3ncc(F)c(C[C@@H]4CCC[C@H](NC(=O)N5CCCC5)C4)n3)c3c(C)ncnc32)cc1.Cc1ccc(S(=O)(=O)n2cc(B3OC(C)(C)C(C)(C)O3)c3c(C)ncnc32)cc1. The van der Waals surface area contributed by atoms with Crippen molar-refractivity contribution in [3.63, 3.8) is 0 Å². The first-order valence-electron chi connectivity index (χ1n) is 23.9. The molecule has 2 atom stereocenters. The standard InChI is InChI=1S/C30H34FN7O3S.C20H24BN3O4S/c1-19-8-10-23(11-9-19)42(40,41)38-17-24(27-20(2)33-18-34-29(27)38)28-32-16-25(31)26(36-28)15-21-6-5-7-22(14-21)35-30(39)37-12-3-4-13-37;1-13-7-9-15(10-8-13)29(25,26)24-11-16(17-14(2)22-12-23-18(17)24)21-27-19(3,4)20(5,6)28-21/h8-11,16-18,21-22H,3-7,12-15H2,1-2H3,(H,35,39);7-12H,1-6H3/t21-,22+;/m1./s1. The van der Waals surface area contributed by atoms with Gasteiger partial charge in [0.25, 0.3) is 20.0 Å². The lowest BCUT2D eigenvalue weighted by Gasteiger charge is -2.32. The highest BCUT2D eigenvalue weighted by molar-refractivity contribution is 7.90. The fraction of sp³-hybridized carbons (Fsp3) is 0.420. The van der Waals surface area contributed by atoms with Crippen LogP contribution in [0.25, 0.3) is 33.5 Å². The minimum absolute atomic E-state index is 0.0109. The fourth-order valence-electron chi connectivity index (χ4n) is 9.48. The summed E-state index contributed by atoms with van der Waals surface area (Å²) >= 11 is 0. The molecule has 5 aromatic heterocycles. The number of nitrogens with zero attached hydrogens (tertiary/aromatic N) is 9. The van der Waals surface area contributed by atoms with Gasteiger partial charge in [0.1, 0.15) is 12.7 Å². The van der Waals surface area contributed by atoms with Crippen molar-refractivity contribution in [2.24, 2.45) is 5.92 Å². The number of benzene rings is 2. The predicted molar refractivity (Wildman–Crippen MR) is 268 cm³/mol. The second-order valence-electron chi connectivity index (χ2n) is 19.8. The average molecular weight is 1010 g/mol. The number of rotatable bonds is 9. The van der Waals surface area contributed by atoms with Crippen LogP contribution in [0.3, 0.4) is 0 Å². The molecule has 1 N–H and O–H groups in total. The van der Waals surface area contributed by atoms with Gasteiger partial charge in [-0.05, 0) is 124 Å². The van der Waals surface area contributed by atoms with E-state index in [4.69, 9.17) is 9.31 Å². The zero-order valence-corrected chi connectivity index (χ0v) is 42.8. The van der Waals surface area contributed by atoms with E-state index >= 15 is 4.39 Å². The number of fused-ring (bicyclic) bond motifs is 2. The third kappa shape index (κ3) is 9.68. The zero-order chi connectivity index (χ0) is 50.6. The minimum atomic E-state index is -3.99. The van der Waals surface area contributed by atoms with Crippen LogP contribution in [0.5, 0.6) is 0 Å². The van der Waals surface area contributed by atoms with Crippen molar-refractivity contribution in [1.29, 1.82) is 0 Å². The molecule has 2 saturated heterocycles. The molecule has 7 heterocycles. The normalized spacial score (nSPS) is 19.0. The van der Waals surface area contributed by atoms with Gasteiger partial charge < -0.3 is 19.5 Å². The van der Waals surface area contributed by atoms with E-state index in [-0.39, 0.29) is 44.9 Å². The summed E-state index contributed by atoms with van der Waals surface area (Å²) in [5, 5.41) is 4.30. The Balaban J connectivity index is 0.000000188. The van der Waals surface area contributed by atoms with Crippen molar-refractivity contribution in [3.05, 3.63) is 114 Å². The summed E-state index contributed by atoms with van der Waals surface area (Å²) in [4.78, 5) is 40.8. The molecule has 2 aliphatic heterocycles. The van der Waals surface area contributed by atoms with Crippen LogP contribution >= 0.6 is 0 Å². The van der Waals surface area contributed by atoms with Crippen LogP contribution in [-0.4, -0.2) is 103 Å². The molecule has 3 fully saturated rings. The number of urea groups is 1. The highest BCUT2D eigenvalue weighted by Gasteiger charge is 2.53. The molecule has 7 aromatic rings. The van der Waals surface area contributed by atoms with Crippen LogP contribution < -0.4 is 10.8 Å². The van der Waals surface area contributed by atoms with Crippen molar-refractivity contribution >= 4 is 60.7 Å². The molecule has 2 aromatic carbocycles. The topological polar surface area (TPSA) is 206 Å². The smallest absolute Gasteiger partial charge is 0.399 e. The van der Waals surface area contributed by atoms with E-state index in [0.717, 1.165) is 72.9 Å². The highest BCUT2D eigenvalue weighted by Crippen LogP contribution is 2.38. The zero-order valence-electron chi connectivity index (χ0n) is 41.2. The fourth-order valence-corrected chi connectivity index (χ4v) is 12.1. The second kappa shape index (κ2) is 19.1. The Hall–Kier alpha value is -6.16. The second-order valence-corrected chi connectivity index (χ2v) is 23.5. The minimum Gasteiger partial charge on any atom is -0.399 e. The molecule has 0 spiro atoms. The third-order valence-corrected chi connectivity index (χ3v) is 17.5. The van der Waals surface area contributed by atoms with Gasteiger partial charge in [0.2, 0.25) is 0 Å². The van der Waals surface area contributed by atoms with Crippen molar-refractivity contribution in [2.75, 3.05) is 13.1 Å². The van der Waals surface area contributed by atoms with Gasteiger partial charge in [-0.3, -0.25) is 0 Å². The van der Waals surface area contributed by atoms with Gasteiger partial charge in [0.15, 0.2) is 22.9 Å². The molecule has 0 bridgehead atoms. The summed E-state index contributed by atoms with van der Waals surface area (Å²) in [6.45, 7) is 16.8. The van der Waals surface area contributed by atoms with Crippen LogP contribution in [0.1, 0.15) is 94.4 Å². The van der Waals surface area contributed by atoms with Gasteiger partial charge >= 0.3 is 13.1 Å². The Morgan fingerprint density at radius 2 is 1.27 bits per heavy atom. The Labute approximate surface area is 413 Å². The van der Waals surface area contributed by atoms with Gasteiger partial charge in [0, 0.05) is 53.6 Å². The molecule has 1 aliphatic carbocycles. The lowest BCUT2D eigenvalue weighted by atomic mass is 9.79. The summed E-state index contributed by atoms with van der Waals surface area (Å²) in [5.74, 6) is -0.152. The Bertz CT molecular complexity index is 3360. The summed E-state index contributed by atoms with van der Waals surface area (Å²) in [5.41, 5.74) is 3.85. The maximum absolute atomic E-state index is 15.1. The summed E-state index contributed by atoms with van der Waals surface area (Å²) in [6.07, 6.45) is 12.8. The van der Waals surface area contributed by atoms with Crippen molar-refractivity contribution in [2.45, 2.75) is 127 Å². The molecule has 10 rings (SSSR count). The molecule has 0 radical (unpaired) electrons. The molecular formula is C50H58BFN10O7S2. The first-order chi connectivity index (χ1) is 33.6. The van der Waals surface area contributed by atoms with E-state index in [1.807, 2.05) is 53.4 Å². The monoisotopic (exact) mass is 1000 g/mol. The lowest BCUT2D eigenvalue weighted by Crippen LogP contribution is -2.45. The first kappa shape index (κ1) is 49.8. The van der Waals surface area contributed by atoms with Crippen LogP contribution in [0.2, 0.25) is 0 Å². The number of amides is 2. The lowest BCUT2D eigenvalue weighted by molar-refractivity contribution is 0.00578. The van der Waals surface area contributed by atoms with Gasteiger partial charge in [-0.2, -0.15) is 0 Å². The number of aromatic nitrogens is 8. The quantitative estimate of drug-likeness (QED) is 0.140. The molecule has 17 nitrogen and oxygen atoms in total. The van der Waals surface area contributed by atoms with Crippen LogP contribution in [-0.2, 0) is 35.8 Å². The number of likely N-dealkylation sites (tertiary alicyclic amines) is 1. The van der Waals surface area contributed by atoms with Crippen LogP contribution in [0, 0.1) is 39.4 Å². The first-order valence-corrected chi connectivity index (χ1v) is 26.7. The average Bonchev–Trinajstić information content (AvgIpc) is 4.13. The van der Waals surface area contributed by atoms with Gasteiger partial charge in [-0.25, -0.2) is 63.9 Å². The van der Waals surface area contributed by atoms with Gasteiger partial charge in [-0.1, -0.05) is 41.8 Å². The number of halogens is 1. The maximum atomic E-state index is 15.1. The van der Waals surface area contributed by atoms with E-state index in [2.05, 4.69) is 35.2 Å². The predicted octanol–water partition coefficient (Wildman–Crippen LogP) is 7.37. The molecule has 0 unspecified atom stereocenters. The van der Waals surface area contributed by atoms with Gasteiger partial charge in [0.05, 0.1) is 44.0 Å². The Morgan fingerprint density at radius 3 is 1.85 bits per heavy atom. The van der Waals surface area contributed by atoms with E-state index in [0.29, 0.717) is 45.3 Å². The molecule has 21 heteroatoms. The van der Waals surface area contributed by atoms with Crippen molar-refractivity contribution in [1.82, 2.24) is 48.1 Å². The summed E-state index contributed by atoms with van der Waals surface area (Å²) in [6, 6.07) is 13.4. The van der Waals surface area contributed by atoms with Crippen molar-refractivity contribution in [3.8, 4) is 11.4 Å². The maximum Gasteiger partial charge on any atom is 0.497 e. The molecule has 372 valence electrons. The van der Waals surface area contributed by atoms with Gasteiger partial charge in [-0.15, -0.1) is 0 Å². The number of hydrogen-bond acceptors (Lipinski definition) is 13. The highest BCUT2D eigenvalue weighted by atomic mass is 32.2.